The number of amides is 1. The minimum atomic E-state index is -0.188. The third-order valence-electron chi connectivity index (χ3n) is 7.34. The predicted molar refractivity (Wildman–Crippen MR) is 115 cm³/mol. The Labute approximate surface area is 173 Å². The first-order chi connectivity index (χ1) is 13.1. The van der Waals surface area contributed by atoms with Gasteiger partial charge in [0, 0.05) is 37.4 Å². The van der Waals surface area contributed by atoms with Crippen LogP contribution in [0.3, 0.4) is 0 Å². The number of nitrogens with one attached hydrogen (secondary N) is 1. The summed E-state index contributed by atoms with van der Waals surface area (Å²) in [6.07, 6.45) is 16.2. The molecular formula is C24H44N2O2. The fraction of sp³-hybridized carbons (Fsp3) is 0.958. The van der Waals surface area contributed by atoms with Gasteiger partial charge in [-0.15, -0.1) is 0 Å². The Morgan fingerprint density at radius 1 is 0.786 bits per heavy atom. The minimum absolute atomic E-state index is 0.149. The van der Waals surface area contributed by atoms with Crippen LogP contribution in [0.25, 0.3) is 0 Å². The Morgan fingerprint density at radius 3 is 1.64 bits per heavy atom. The Morgan fingerprint density at radius 2 is 1.21 bits per heavy atom. The van der Waals surface area contributed by atoms with Gasteiger partial charge in [-0.25, -0.2) is 0 Å². The van der Waals surface area contributed by atoms with Crippen LogP contribution in [0.5, 0.6) is 0 Å². The molecule has 0 radical (unpaired) electrons. The molecule has 0 atom stereocenters. The summed E-state index contributed by atoms with van der Waals surface area (Å²) in [5.41, 5.74) is -0.682. The molecule has 0 aromatic carbocycles. The first kappa shape index (κ1) is 22.1. The highest BCUT2D eigenvalue weighted by atomic mass is 16.6. The van der Waals surface area contributed by atoms with E-state index >= 15 is 0 Å². The second kappa shape index (κ2) is 8.26. The summed E-state index contributed by atoms with van der Waals surface area (Å²) in [5, 5.41) is 3.88. The molecule has 2 saturated heterocycles. The first-order valence-corrected chi connectivity index (χ1v) is 11.9. The maximum absolute atomic E-state index is 12.4. The molecule has 28 heavy (non-hydrogen) atoms. The normalized spacial score (nSPS) is 30.0. The molecule has 4 heteroatoms. The molecule has 1 amide bonds. The zero-order chi connectivity index (χ0) is 20.5. The van der Waals surface area contributed by atoms with Crippen LogP contribution in [-0.4, -0.2) is 39.8 Å². The van der Waals surface area contributed by atoms with Crippen molar-refractivity contribution >= 4 is 5.91 Å². The number of rotatable bonds is 0. The minimum Gasteiger partial charge on any atom is -0.353 e. The molecule has 0 aromatic rings. The lowest BCUT2D eigenvalue weighted by Crippen LogP contribution is -2.67. The molecule has 3 aliphatic rings. The fourth-order valence-corrected chi connectivity index (χ4v) is 6.94. The summed E-state index contributed by atoms with van der Waals surface area (Å²) in [6, 6.07) is 0. The summed E-state index contributed by atoms with van der Waals surface area (Å²) in [5.74, 6) is 0.177. The van der Waals surface area contributed by atoms with Crippen molar-refractivity contribution in [2.75, 3.05) is 6.54 Å². The van der Waals surface area contributed by atoms with E-state index in [0.717, 1.165) is 32.2 Å². The van der Waals surface area contributed by atoms with E-state index in [0.29, 0.717) is 0 Å². The van der Waals surface area contributed by atoms with Crippen molar-refractivity contribution < 1.29 is 9.53 Å². The number of nitrogens with zero attached hydrogens (tertiary/aromatic N) is 1. The van der Waals surface area contributed by atoms with Gasteiger partial charge in [0.2, 0.25) is 5.91 Å². The van der Waals surface area contributed by atoms with Gasteiger partial charge in [0.05, 0.1) is 5.60 Å². The Balaban J connectivity index is 1.76. The van der Waals surface area contributed by atoms with Gasteiger partial charge in [-0.2, -0.15) is 0 Å². The zero-order valence-electron chi connectivity index (χ0n) is 19.2. The molecule has 4 nitrogen and oxygen atoms in total. The highest BCUT2D eigenvalue weighted by Crippen LogP contribution is 2.50. The first-order valence-electron chi connectivity index (χ1n) is 11.9. The number of ether oxygens (including phenoxy) is 1. The Bertz CT molecular complexity index is 525. The van der Waals surface area contributed by atoms with E-state index in [9.17, 15) is 4.79 Å². The summed E-state index contributed by atoms with van der Waals surface area (Å²) in [4.78, 5) is 14.5. The summed E-state index contributed by atoms with van der Waals surface area (Å²) in [7, 11) is 0. The molecule has 162 valence electrons. The van der Waals surface area contributed by atoms with Gasteiger partial charge >= 0.3 is 0 Å². The maximum atomic E-state index is 12.4. The zero-order valence-corrected chi connectivity index (χ0v) is 19.2. The van der Waals surface area contributed by atoms with Crippen molar-refractivity contribution in [1.82, 2.24) is 10.2 Å². The lowest BCUT2D eigenvalue weighted by molar-refractivity contribution is -0.190. The van der Waals surface area contributed by atoms with E-state index in [-0.39, 0.29) is 28.3 Å². The number of carbonyl (C=O) groups excluding carboxylic acids is 1. The molecule has 1 aliphatic carbocycles. The van der Waals surface area contributed by atoms with Crippen LogP contribution >= 0.6 is 0 Å². The molecule has 0 unspecified atom stereocenters. The van der Waals surface area contributed by atoms with E-state index in [1.807, 2.05) is 0 Å². The van der Waals surface area contributed by atoms with Gasteiger partial charge < -0.3 is 9.64 Å². The topological polar surface area (TPSA) is 41.6 Å². The summed E-state index contributed by atoms with van der Waals surface area (Å²) < 4.78 is 7.07. The molecular weight excluding hydrogens is 348 g/mol. The van der Waals surface area contributed by atoms with Crippen LogP contribution in [0.1, 0.15) is 118 Å². The molecule has 2 spiro atoms. The number of likely N-dealkylation sites (tertiary alicyclic amines) is 1. The molecule has 2 aliphatic heterocycles. The molecule has 3 rings (SSSR count). The van der Waals surface area contributed by atoms with Crippen LogP contribution < -0.4 is 5.32 Å². The average molecular weight is 393 g/mol. The summed E-state index contributed by atoms with van der Waals surface area (Å²) >= 11 is 0. The van der Waals surface area contributed by atoms with Crippen LogP contribution in [0.4, 0.5) is 0 Å². The van der Waals surface area contributed by atoms with Gasteiger partial charge in [-0.05, 0) is 53.4 Å². The molecule has 2 heterocycles. The second-order valence-electron chi connectivity index (χ2n) is 11.1. The largest absolute Gasteiger partial charge is 0.353 e. The number of piperidine rings is 1. The standard InChI is InChI=1S/C24H44N2O2/c1-20(27)26-21(2,3)17-23(18-22(26,4)5)19-25-24(28-23)15-13-11-9-7-6-8-10-12-14-16-24/h25H,6-19H2,1-5H3. The predicted octanol–water partition coefficient (Wildman–Crippen LogP) is 5.55. The van der Waals surface area contributed by atoms with E-state index in [4.69, 9.17) is 4.74 Å². The lowest BCUT2D eigenvalue weighted by Gasteiger charge is -2.58. The third-order valence-corrected chi connectivity index (χ3v) is 7.34. The van der Waals surface area contributed by atoms with Crippen LogP contribution in [0, 0.1) is 0 Å². The summed E-state index contributed by atoms with van der Waals surface area (Å²) in [6.45, 7) is 11.5. The van der Waals surface area contributed by atoms with Crippen molar-refractivity contribution in [2.45, 2.75) is 140 Å². The van der Waals surface area contributed by atoms with Gasteiger partial charge in [0.1, 0.15) is 5.72 Å². The maximum Gasteiger partial charge on any atom is 0.220 e. The highest BCUT2D eigenvalue weighted by molar-refractivity contribution is 5.75. The Kier molecular flexibility index (Phi) is 6.51. The van der Waals surface area contributed by atoms with Crippen LogP contribution in [-0.2, 0) is 9.53 Å². The highest BCUT2D eigenvalue weighted by Gasteiger charge is 2.59. The molecule has 0 aromatic heterocycles. The molecule has 0 bridgehead atoms. The molecule has 1 saturated carbocycles. The van der Waals surface area contributed by atoms with Crippen molar-refractivity contribution in [3.05, 3.63) is 0 Å². The van der Waals surface area contributed by atoms with E-state index in [1.54, 1.807) is 6.92 Å². The van der Waals surface area contributed by atoms with E-state index in [1.165, 1.54) is 57.8 Å². The van der Waals surface area contributed by atoms with Crippen LogP contribution in [0.2, 0.25) is 0 Å². The monoisotopic (exact) mass is 392 g/mol. The quantitative estimate of drug-likeness (QED) is 0.588. The van der Waals surface area contributed by atoms with E-state index < -0.39 is 0 Å². The number of carbonyl (C=O) groups is 1. The van der Waals surface area contributed by atoms with Crippen molar-refractivity contribution in [1.29, 1.82) is 0 Å². The average Bonchev–Trinajstić information content (AvgIpc) is 2.85. The Hall–Kier alpha value is -0.610. The van der Waals surface area contributed by atoms with Crippen molar-refractivity contribution in [3.8, 4) is 0 Å². The SMILES string of the molecule is CC(=O)N1C(C)(C)CC2(CNC3(CCCCCCCCCCC3)O2)CC1(C)C. The molecule has 3 fully saturated rings. The number of hydrogen-bond donors (Lipinski definition) is 1. The smallest absolute Gasteiger partial charge is 0.220 e. The van der Waals surface area contributed by atoms with Crippen molar-refractivity contribution in [3.63, 3.8) is 0 Å². The van der Waals surface area contributed by atoms with E-state index in [2.05, 4.69) is 37.9 Å². The van der Waals surface area contributed by atoms with Gasteiger partial charge in [0.25, 0.3) is 0 Å². The van der Waals surface area contributed by atoms with Gasteiger partial charge in [-0.3, -0.25) is 10.1 Å². The van der Waals surface area contributed by atoms with Crippen LogP contribution in [0.15, 0.2) is 0 Å². The number of hydrogen-bond acceptors (Lipinski definition) is 3. The van der Waals surface area contributed by atoms with Gasteiger partial charge in [0.15, 0.2) is 0 Å². The van der Waals surface area contributed by atoms with Gasteiger partial charge in [-0.1, -0.05) is 44.9 Å². The second-order valence-corrected chi connectivity index (χ2v) is 11.1. The van der Waals surface area contributed by atoms with Crippen molar-refractivity contribution in [2.24, 2.45) is 0 Å². The fourth-order valence-electron chi connectivity index (χ4n) is 6.94. The third kappa shape index (κ3) is 4.75. The lowest BCUT2D eigenvalue weighted by atomic mass is 9.71. The molecule has 1 N–H and O–H groups in total.